The number of nitrogens with one attached hydrogen (secondary N) is 1. The first-order valence-corrected chi connectivity index (χ1v) is 12.9. The maximum Gasteiger partial charge on any atom is 0.338 e. The van der Waals surface area contributed by atoms with Gasteiger partial charge in [0.05, 0.1) is 25.4 Å². The van der Waals surface area contributed by atoms with Crippen LogP contribution >= 0.6 is 11.6 Å². The van der Waals surface area contributed by atoms with E-state index in [-0.39, 0.29) is 18.2 Å². The van der Waals surface area contributed by atoms with Crippen molar-refractivity contribution < 1.29 is 27.8 Å². The zero-order chi connectivity index (χ0) is 27.9. The van der Waals surface area contributed by atoms with E-state index in [4.69, 9.17) is 21.1 Å². The normalized spacial score (nSPS) is 14.6. The van der Waals surface area contributed by atoms with Crippen LogP contribution in [0.5, 0.6) is 0 Å². The van der Waals surface area contributed by atoms with E-state index in [2.05, 4.69) is 10.2 Å². The Balaban J connectivity index is 1.38. The van der Waals surface area contributed by atoms with Crippen molar-refractivity contribution in [2.45, 2.75) is 19.6 Å². The van der Waals surface area contributed by atoms with Crippen molar-refractivity contribution in [1.82, 2.24) is 9.80 Å². The van der Waals surface area contributed by atoms with Gasteiger partial charge in [-0.1, -0.05) is 35.9 Å². The summed E-state index contributed by atoms with van der Waals surface area (Å²) in [6.07, 6.45) is -0.467. The van der Waals surface area contributed by atoms with Gasteiger partial charge in [-0.15, -0.1) is 0 Å². The Morgan fingerprint density at radius 3 is 2.26 bits per heavy atom. The molecule has 0 saturated carbocycles. The Labute approximate surface area is 231 Å². The van der Waals surface area contributed by atoms with E-state index >= 15 is 0 Å². The van der Waals surface area contributed by atoms with Crippen molar-refractivity contribution in [2.24, 2.45) is 0 Å². The molecular formula is C29H30ClF2N3O4. The minimum Gasteiger partial charge on any atom is -0.465 e. The van der Waals surface area contributed by atoms with Crippen LogP contribution in [0.1, 0.15) is 33.2 Å². The number of rotatable bonds is 8. The predicted octanol–water partition coefficient (Wildman–Crippen LogP) is 5.82. The molecule has 206 valence electrons. The van der Waals surface area contributed by atoms with Crippen LogP contribution in [0.2, 0.25) is 5.02 Å². The third kappa shape index (κ3) is 7.11. The lowest BCUT2D eigenvalue weighted by Gasteiger charge is -2.36. The molecule has 3 aromatic carbocycles. The van der Waals surface area contributed by atoms with E-state index < -0.39 is 23.7 Å². The summed E-state index contributed by atoms with van der Waals surface area (Å²) in [5, 5.41) is 3.46. The van der Waals surface area contributed by atoms with E-state index in [1.165, 1.54) is 25.3 Å². The molecule has 1 atom stereocenters. The van der Waals surface area contributed by atoms with Gasteiger partial charge in [-0.2, -0.15) is 0 Å². The summed E-state index contributed by atoms with van der Waals surface area (Å²) in [5.74, 6) is -1.78. The number of carbonyl (C=O) groups is 2. The second-order valence-electron chi connectivity index (χ2n) is 9.24. The number of hydrogen-bond donors (Lipinski definition) is 1. The first-order chi connectivity index (χ1) is 18.8. The molecular weight excluding hydrogens is 528 g/mol. The van der Waals surface area contributed by atoms with Gasteiger partial charge in [0.1, 0.15) is 11.6 Å². The largest absolute Gasteiger partial charge is 0.465 e. The van der Waals surface area contributed by atoms with Gasteiger partial charge < -0.3 is 19.7 Å². The van der Waals surface area contributed by atoms with Gasteiger partial charge in [-0.25, -0.2) is 18.4 Å². The summed E-state index contributed by atoms with van der Waals surface area (Å²) >= 11 is 6.05. The molecule has 7 nitrogen and oxygen atoms in total. The van der Waals surface area contributed by atoms with E-state index in [9.17, 15) is 18.4 Å². The molecule has 0 unspecified atom stereocenters. The Morgan fingerprint density at radius 2 is 1.62 bits per heavy atom. The number of nitrogens with zero attached hydrogens (tertiary/aromatic N) is 2. The third-order valence-electron chi connectivity index (χ3n) is 6.80. The van der Waals surface area contributed by atoms with Gasteiger partial charge in [0, 0.05) is 49.0 Å². The highest BCUT2D eigenvalue weighted by Gasteiger charge is 2.25. The number of halogens is 3. The van der Waals surface area contributed by atoms with E-state index in [0.717, 1.165) is 5.56 Å². The number of carbonyl (C=O) groups excluding carboxylic acids is 2. The Bertz CT molecular complexity index is 1290. The van der Waals surface area contributed by atoms with Crippen molar-refractivity contribution in [1.29, 1.82) is 0 Å². The quantitative estimate of drug-likeness (QED) is 0.353. The van der Waals surface area contributed by atoms with Crippen LogP contribution in [-0.2, 0) is 16.1 Å². The molecule has 10 heteroatoms. The number of hydrogen-bond acceptors (Lipinski definition) is 5. The Hall–Kier alpha value is -3.53. The maximum atomic E-state index is 14.2. The van der Waals surface area contributed by atoms with Crippen LogP contribution in [-0.4, -0.2) is 61.6 Å². The molecule has 0 bridgehead atoms. The fourth-order valence-electron chi connectivity index (χ4n) is 4.45. The van der Waals surface area contributed by atoms with E-state index in [1.54, 1.807) is 42.2 Å². The van der Waals surface area contributed by atoms with Gasteiger partial charge >= 0.3 is 12.0 Å². The summed E-state index contributed by atoms with van der Waals surface area (Å²) in [4.78, 5) is 28.8. The maximum absolute atomic E-state index is 14.2. The van der Waals surface area contributed by atoms with Crippen molar-refractivity contribution in [2.75, 3.05) is 45.2 Å². The molecule has 0 spiro atoms. The molecule has 1 fully saturated rings. The number of piperazine rings is 1. The number of esters is 1. The van der Waals surface area contributed by atoms with Crippen LogP contribution in [0.25, 0.3) is 0 Å². The van der Waals surface area contributed by atoms with Crippen LogP contribution in [0, 0.1) is 18.6 Å². The fourth-order valence-corrected chi connectivity index (χ4v) is 4.58. The van der Waals surface area contributed by atoms with E-state index in [1.807, 2.05) is 12.1 Å². The molecule has 2 amide bonds. The number of methoxy groups -OCH3 is 1. The fraction of sp³-hybridized carbons (Fsp3) is 0.310. The Kier molecular flexibility index (Phi) is 9.50. The van der Waals surface area contributed by atoms with Crippen LogP contribution in [0.3, 0.4) is 0 Å². The first-order valence-electron chi connectivity index (χ1n) is 12.5. The summed E-state index contributed by atoms with van der Waals surface area (Å²) in [7, 11) is 1.31. The smallest absolute Gasteiger partial charge is 0.338 e. The van der Waals surface area contributed by atoms with Gasteiger partial charge in [0.2, 0.25) is 0 Å². The van der Waals surface area contributed by atoms with Crippen molar-refractivity contribution in [3.63, 3.8) is 0 Å². The molecule has 0 radical (unpaired) electrons. The molecule has 1 N–H and O–H groups in total. The highest BCUT2D eigenvalue weighted by Crippen LogP contribution is 2.25. The monoisotopic (exact) mass is 557 g/mol. The highest BCUT2D eigenvalue weighted by atomic mass is 35.5. The average molecular weight is 558 g/mol. The summed E-state index contributed by atoms with van der Waals surface area (Å²) in [6, 6.07) is 15.7. The number of benzene rings is 3. The second kappa shape index (κ2) is 13.0. The Morgan fingerprint density at radius 1 is 0.974 bits per heavy atom. The van der Waals surface area contributed by atoms with E-state index in [0.29, 0.717) is 54.6 Å². The molecule has 1 aliphatic rings. The highest BCUT2D eigenvalue weighted by molar-refractivity contribution is 6.30. The van der Waals surface area contributed by atoms with Crippen molar-refractivity contribution in [3.05, 3.63) is 99.6 Å². The minimum atomic E-state index is -0.656. The standard InChI is InChI=1S/C29H30ClF2N3O4/c1-19-22(28(36)38-2)5-3-8-26(19)33-29(37)35-15-13-34(14-16-35)17-27(20-9-11-21(30)12-10-20)39-18-23-24(31)6-4-7-25(23)32/h3-12,27H,13-18H2,1-2H3,(H,33,37)/t27-/m0/s1. The molecule has 0 aromatic heterocycles. The zero-order valence-corrected chi connectivity index (χ0v) is 22.5. The van der Waals surface area contributed by atoms with Crippen LogP contribution in [0.15, 0.2) is 60.7 Å². The van der Waals surface area contributed by atoms with Crippen molar-refractivity contribution in [3.8, 4) is 0 Å². The number of ether oxygens (including phenoxy) is 2. The van der Waals surface area contributed by atoms with Gasteiger partial charge in [-0.05, 0) is 54.4 Å². The van der Waals surface area contributed by atoms with Gasteiger partial charge in [-0.3, -0.25) is 4.90 Å². The lowest BCUT2D eigenvalue weighted by Crippen LogP contribution is -2.50. The topological polar surface area (TPSA) is 71.1 Å². The summed E-state index contributed by atoms with van der Waals surface area (Å²) < 4.78 is 39.2. The number of amides is 2. The molecule has 39 heavy (non-hydrogen) atoms. The summed E-state index contributed by atoms with van der Waals surface area (Å²) in [5.41, 5.74) is 2.28. The summed E-state index contributed by atoms with van der Waals surface area (Å²) in [6.45, 7) is 4.09. The molecule has 3 aromatic rings. The second-order valence-corrected chi connectivity index (χ2v) is 9.68. The molecule has 1 saturated heterocycles. The zero-order valence-electron chi connectivity index (χ0n) is 21.8. The third-order valence-corrected chi connectivity index (χ3v) is 7.05. The van der Waals surface area contributed by atoms with Gasteiger partial charge in [0.15, 0.2) is 0 Å². The lowest BCUT2D eigenvalue weighted by atomic mass is 10.1. The molecule has 4 rings (SSSR count). The lowest BCUT2D eigenvalue weighted by molar-refractivity contribution is 0.00376. The minimum absolute atomic E-state index is 0.121. The predicted molar refractivity (Wildman–Crippen MR) is 145 cm³/mol. The number of anilines is 1. The SMILES string of the molecule is COC(=O)c1cccc(NC(=O)N2CCN(C[C@H](OCc3c(F)cccc3F)c3ccc(Cl)cc3)CC2)c1C. The van der Waals surface area contributed by atoms with Crippen LogP contribution in [0.4, 0.5) is 19.3 Å². The first kappa shape index (κ1) is 28.5. The van der Waals surface area contributed by atoms with Gasteiger partial charge in [0.25, 0.3) is 0 Å². The number of urea groups is 1. The molecule has 1 aliphatic heterocycles. The molecule has 0 aliphatic carbocycles. The van der Waals surface area contributed by atoms with Crippen LogP contribution < -0.4 is 5.32 Å². The average Bonchev–Trinajstić information content (AvgIpc) is 2.93. The molecule has 1 heterocycles. The van der Waals surface area contributed by atoms with Crippen molar-refractivity contribution >= 4 is 29.3 Å².